The molecule has 1 unspecified atom stereocenters. The molecule has 6 nitrogen and oxygen atoms in total. The van der Waals surface area contributed by atoms with E-state index in [-0.39, 0.29) is 18.3 Å². The van der Waals surface area contributed by atoms with Gasteiger partial charge in [0.15, 0.2) is 0 Å². The largest absolute Gasteiger partial charge is 0.316 e. The Kier molecular flexibility index (Phi) is 6.12. The molecule has 0 bridgehead atoms. The summed E-state index contributed by atoms with van der Waals surface area (Å²) in [4.78, 5) is 16.4. The zero-order chi connectivity index (χ0) is 15.4. The standard InChI is InChI=1S/C16H21N5O.ClH/c1-2-21-16(18-11-19-21)20-15(22)14-5-3-4-12(9-14)8-13-6-7-17-10-13;/h3-5,9,11,13,17H,2,6-8,10H2,1H3,(H,18,19,20,22);1H. The molecule has 1 aliphatic heterocycles. The van der Waals surface area contributed by atoms with Crippen LogP contribution in [0.4, 0.5) is 5.95 Å². The van der Waals surface area contributed by atoms with E-state index in [0.29, 0.717) is 24.0 Å². The Labute approximate surface area is 142 Å². The van der Waals surface area contributed by atoms with E-state index in [1.54, 1.807) is 4.68 Å². The van der Waals surface area contributed by atoms with Crippen molar-refractivity contribution >= 4 is 24.3 Å². The van der Waals surface area contributed by atoms with E-state index in [2.05, 4.69) is 26.8 Å². The Morgan fingerprint density at radius 1 is 1.48 bits per heavy atom. The number of hydrogen-bond donors (Lipinski definition) is 2. The minimum atomic E-state index is -0.144. The molecule has 0 spiro atoms. The maximum atomic E-state index is 12.4. The zero-order valence-corrected chi connectivity index (χ0v) is 14.0. The highest BCUT2D eigenvalue weighted by Gasteiger charge is 2.16. The van der Waals surface area contributed by atoms with Crippen molar-refractivity contribution in [2.75, 3.05) is 18.4 Å². The SMILES string of the molecule is CCn1ncnc1NC(=O)c1cccc(CC2CCNC2)c1.Cl. The van der Waals surface area contributed by atoms with E-state index in [1.807, 2.05) is 25.1 Å². The maximum absolute atomic E-state index is 12.4. The smallest absolute Gasteiger partial charge is 0.258 e. The van der Waals surface area contributed by atoms with Crippen molar-refractivity contribution in [1.29, 1.82) is 0 Å². The normalized spacial score (nSPS) is 16.8. The van der Waals surface area contributed by atoms with Crippen LogP contribution < -0.4 is 10.6 Å². The molecule has 23 heavy (non-hydrogen) atoms. The highest BCUT2D eigenvalue weighted by molar-refractivity contribution is 6.03. The van der Waals surface area contributed by atoms with Crippen LogP contribution in [0.3, 0.4) is 0 Å². The van der Waals surface area contributed by atoms with Gasteiger partial charge >= 0.3 is 0 Å². The molecule has 0 radical (unpaired) electrons. The predicted octanol–water partition coefficient (Wildman–Crippen LogP) is 2.12. The van der Waals surface area contributed by atoms with Gasteiger partial charge in [0, 0.05) is 12.1 Å². The first-order valence-corrected chi connectivity index (χ1v) is 7.75. The Morgan fingerprint density at radius 3 is 3.09 bits per heavy atom. The fourth-order valence-corrected chi connectivity index (χ4v) is 2.83. The first-order chi connectivity index (χ1) is 10.8. The lowest BCUT2D eigenvalue weighted by Gasteiger charge is -2.10. The highest BCUT2D eigenvalue weighted by Crippen LogP contribution is 2.16. The third kappa shape index (κ3) is 4.30. The molecular formula is C16H22ClN5O. The molecule has 7 heteroatoms. The van der Waals surface area contributed by atoms with E-state index in [9.17, 15) is 4.79 Å². The van der Waals surface area contributed by atoms with Gasteiger partial charge in [-0.1, -0.05) is 12.1 Å². The summed E-state index contributed by atoms with van der Waals surface area (Å²) in [6, 6.07) is 7.83. The highest BCUT2D eigenvalue weighted by atomic mass is 35.5. The van der Waals surface area contributed by atoms with Crippen molar-refractivity contribution in [3.05, 3.63) is 41.7 Å². The molecule has 124 valence electrons. The number of amides is 1. The average molecular weight is 336 g/mol. The van der Waals surface area contributed by atoms with Gasteiger partial charge in [-0.2, -0.15) is 10.1 Å². The summed E-state index contributed by atoms with van der Waals surface area (Å²) in [5.41, 5.74) is 1.87. The second kappa shape index (κ2) is 8.08. The molecule has 2 heterocycles. The number of halogens is 1. The van der Waals surface area contributed by atoms with Crippen LogP contribution in [0.1, 0.15) is 29.3 Å². The number of anilines is 1. The second-order valence-corrected chi connectivity index (χ2v) is 5.62. The number of benzene rings is 1. The summed E-state index contributed by atoms with van der Waals surface area (Å²) in [5.74, 6) is 1.01. The van der Waals surface area contributed by atoms with E-state index in [1.165, 1.54) is 18.3 Å². The Bertz CT molecular complexity index is 651. The van der Waals surface area contributed by atoms with Crippen LogP contribution in [0.5, 0.6) is 0 Å². The summed E-state index contributed by atoms with van der Waals surface area (Å²) < 4.78 is 1.66. The summed E-state index contributed by atoms with van der Waals surface area (Å²) >= 11 is 0. The van der Waals surface area contributed by atoms with Gasteiger partial charge in [0.05, 0.1) is 0 Å². The molecule has 2 aromatic rings. The second-order valence-electron chi connectivity index (χ2n) is 5.62. The van der Waals surface area contributed by atoms with Crippen molar-refractivity contribution in [3.63, 3.8) is 0 Å². The molecular weight excluding hydrogens is 314 g/mol. The molecule has 2 N–H and O–H groups in total. The van der Waals surface area contributed by atoms with E-state index < -0.39 is 0 Å². The lowest BCUT2D eigenvalue weighted by atomic mass is 9.97. The Balaban J connectivity index is 0.00000192. The van der Waals surface area contributed by atoms with Crippen molar-refractivity contribution < 1.29 is 4.79 Å². The van der Waals surface area contributed by atoms with Gasteiger partial charge < -0.3 is 5.32 Å². The number of aryl methyl sites for hydroxylation is 1. The average Bonchev–Trinajstić information content (AvgIpc) is 3.19. The molecule has 0 saturated carbocycles. The van der Waals surface area contributed by atoms with Crippen molar-refractivity contribution in [1.82, 2.24) is 20.1 Å². The fourth-order valence-electron chi connectivity index (χ4n) is 2.83. The van der Waals surface area contributed by atoms with Gasteiger partial charge in [-0.3, -0.25) is 10.1 Å². The van der Waals surface area contributed by atoms with Crippen LogP contribution in [0.25, 0.3) is 0 Å². The first-order valence-electron chi connectivity index (χ1n) is 7.75. The van der Waals surface area contributed by atoms with Crippen LogP contribution in [-0.2, 0) is 13.0 Å². The fraction of sp³-hybridized carbons (Fsp3) is 0.438. The van der Waals surface area contributed by atoms with Crippen LogP contribution in [-0.4, -0.2) is 33.8 Å². The minimum absolute atomic E-state index is 0. The molecule has 3 rings (SSSR count). The predicted molar refractivity (Wildman–Crippen MR) is 92.0 cm³/mol. The summed E-state index contributed by atoms with van der Waals surface area (Å²) in [5, 5.41) is 10.2. The van der Waals surface area contributed by atoms with Gasteiger partial charge in [-0.15, -0.1) is 12.4 Å². The maximum Gasteiger partial charge on any atom is 0.258 e. The lowest BCUT2D eigenvalue weighted by Crippen LogP contribution is -2.17. The number of carbonyl (C=O) groups is 1. The molecule has 1 amide bonds. The topological polar surface area (TPSA) is 71.8 Å². The molecule has 1 aromatic heterocycles. The third-order valence-corrected chi connectivity index (χ3v) is 4.02. The van der Waals surface area contributed by atoms with Gasteiger partial charge in [0.1, 0.15) is 6.33 Å². The molecule has 1 saturated heterocycles. The Hall–Kier alpha value is -1.92. The molecule has 1 aromatic carbocycles. The van der Waals surface area contributed by atoms with E-state index in [0.717, 1.165) is 19.5 Å². The lowest BCUT2D eigenvalue weighted by molar-refractivity contribution is 0.102. The number of nitrogens with one attached hydrogen (secondary N) is 2. The third-order valence-electron chi connectivity index (χ3n) is 4.02. The minimum Gasteiger partial charge on any atom is -0.316 e. The van der Waals surface area contributed by atoms with Crippen LogP contribution in [0.15, 0.2) is 30.6 Å². The van der Waals surface area contributed by atoms with E-state index >= 15 is 0 Å². The molecule has 1 atom stereocenters. The summed E-state index contributed by atoms with van der Waals surface area (Å²) in [7, 11) is 0. The molecule has 1 aliphatic rings. The summed E-state index contributed by atoms with van der Waals surface area (Å²) in [6.07, 6.45) is 3.66. The van der Waals surface area contributed by atoms with Crippen molar-refractivity contribution in [2.45, 2.75) is 26.3 Å². The molecule has 1 fully saturated rings. The first kappa shape index (κ1) is 17.4. The van der Waals surface area contributed by atoms with Crippen LogP contribution >= 0.6 is 12.4 Å². The summed E-state index contributed by atoms with van der Waals surface area (Å²) in [6.45, 7) is 4.79. The van der Waals surface area contributed by atoms with Gasteiger partial charge in [-0.25, -0.2) is 4.68 Å². The quantitative estimate of drug-likeness (QED) is 0.878. The molecule has 0 aliphatic carbocycles. The van der Waals surface area contributed by atoms with Crippen LogP contribution in [0.2, 0.25) is 0 Å². The number of aromatic nitrogens is 3. The number of carbonyl (C=O) groups excluding carboxylic acids is 1. The van der Waals surface area contributed by atoms with Gasteiger partial charge in [0.2, 0.25) is 5.95 Å². The number of nitrogens with zero attached hydrogens (tertiary/aromatic N) is 3. The van der Waals surface area contributed by atoms with Gasteiger partial charge in [-0.05, 0) is 56.5 Å². The van der Waals surface area contributed by atoms with Crippen molar-refractivity contribution in [3.8, 4) is 0 Å². The number of rotatable bonds is 5. The zero-order valence-electron chi connectivity index (χ0n) is 13.2. The van der Waals surface area contributed by atoms with Gasteiger partial charge in [0.25, 0.3) is 5.91 Å². The monoisotopic (exact) mass is 335 g/mol. The number of hydrogen-bond acceptors (Lipinski definition) is 4. The van der Waals surface area contributed by atoms with Crippen molar-refractivity contribution in [2.24, 2.45) is 5.92 Å². The Morgan fingerprint density at radius 2 is 2.35 bits per heavy atom. The van der Waals surface area contributed by atoms with Crippen LogP contribution in [0, 0.1) is 5.92 Å². The van der Waals surface area contributed by atoms with E-state index in [4.69, 9.17) is 0 Å².